The number of rotatable bonds is 3. The molecule has 1 aromatic carbocycles. The summed E-state index contributed by atoms with van der Waals surface area (Å²) < 4.78 is 45.9. The van der Waals surface area contributed by atoms with Crippen molar-refractivity contribution in [3.8, 4) is 5.69 Å². The maximum Gasteiger partial charge on any atom is 0.434 e. The summed E-state index contributed by atoms with van der Waals surface area (Å²) in [5.74, 6) is -1.13. The van der Waals surface area contributed by atoms with E-state index >= 15 is 0 Å². The standard InChI is InChI=1S/C15H11F3N4O3/c1-2-25-14(24)10-7-20-22(12(10)15(16,17)18)11-5-3-4-8-9(11)6-19-21-13(8)23/h3-7H,2H2,1H3,(H,21,23). The van der Waals surface area contributed by atoms with Crippen LogP contribution in [0.1, 0.15) is 23.0 Å². The summed E-state index contributed by atoms with van der Waals surface area (Å²) in [6.07, 6.45) is -2.85. The zero-order chi connectivity index (χ0) is 18.2. The largest absolute Gasteiger partial charge is 0.462 e. The maximum atomic E-state index is 13.6. The first-order valence-electron chi connectivity index (χ1n) is 7.13. The van der Waals surface area contributed by atoms with Gasteiger partial charge in [-0.2, -0.15) is 23.4 Å². The second-order valence-electron chi connectivity index (χ2n) is 4.97. The molecule has 0 amide bonds. The third kappa shape index (κ3) is 2.86. The Kier molecular flexibility index (Phi) is 4.03. The number of hydrogen-bond donors (Lipinski definition) is 1. The fourth-order valence-electron chi connectivity index (χ4n) is 2.45. The second kappa shape index (κ2) is 6.04. The van der Waals surface area contributed by atoms with Gasteiger partial charge in [-0.3, -0.25) is 4.79 Å². The van der Waals surface area contributed by atoms with E-state index in [2.05, 4.69) is 20.0 Å². The number of alkyl halides is 3. The molecule has 0 unspecified atom stereocenters. The first-order valence-corrected chi connectivity index (χ1v) is 7.13. The van der Waals surface area contributed by atoms with Gasteiger partial charge in [0.2, 0.25) is 0 Å². The van der Waals surface area contributed by atoms with E-state index in [1.165, 1.54) is 31.3 Å². The lowest BCUT2D eigenvalue weighted by Crippen LogP contribution is -2.19. The first-order chi connectivity index (χ1) is 11.8. The van der Waals surface area contributed by atoms with E-state index in [0.717, 1.165) is 6.20 Å². The average Bonchev–Trinajstić information content (AvgIpc) is 3.00. The molecule has 0 saturated carbocycles. The summed E-state index contributed by atoms with van der Waals surface area (Å²) in [4.78, 5) is 23.6. The molecule has 2 aromatic heterocycles. The number of hydrogen-bond acceptors (Lipinski definition) is 5. The van der Waals surface area contributed by atoms with Crippen LogP contribution >= 0.6 is 0 Å². The molecule has 0 bridgehead atoms. The fraction of sp³-hybridized carbons (Fsp3) is 0.200. The molecule has 7 nitrogen and oxygen atoms in total. The summed E-state index contributed by atoms with van der Waals surface area (Å²) in [7, 11) is 0. The van der Waals surface area contributed by atoms with Gasteiger partial charge in [0.1, 0.15) is 5.56 Å². The Labute approximate surface area is 138 Å². The van der Waals surface area contributed by atoms with Crippen LogP contribution in [0.15, 0.2) is 35.4 Å². The van der Waals surface area contributed by atoms with Crippen molar-refractivity contribution in [3.63, 3.8) is 0 Å². The van der Waals surface area contributed by atoms with Crippen LogP contribution in [0.3, 0.4) is 0 Å². The van der Waals surface area contributed by atoms with Crippen molar-refractivity contribution in [3.05, 3.63) is 52.2 Å². The number of fused-ring (bicyclic) bond motifs is 1. The number of nitrogens with one attached hydrogen (secondary N) is 1. The van der Waals surface area contributed by atoms with Crippen LogP contribution in [0.2, 0.25) is 0 Å². The van der Waals surface area contributed by atoms with E-state index in [0.29, 0.717) is 4.68 Å². The van der Waals surface area contributed by atoms with E-state index in [4.69, 9.17) is 0 Å². The van der Waals surface area contributed by atoms with Crippen LogP contribution in [-0.4, -0.2) is 32.6 Å². The predicted octanol–water partition coefficient (Wildman–Crippen LogP) is 2.30. The molecule has 2 heterocycles. The van der Waals surface area contributed by atoms with E-state index in [1.807, 2.05) is 0 Å². The molecular formula is C15H11F3N4O3. The monoisotopic (exact) mass is 352 g/mol. The summed E-state index contributed by atoms with van der Waals surface area (Å²) in [6.45, 7) is 1.41. The van der Waals surface area contributed by atoms with Gasteiger partial charge in [0.25, 0.3) is 5.56 Å². The summed E-state index contributed by atoms with van der Waals surface area (Å²) in [6, 6.07) is 4.21. The highest BCUT2D eigenvalue weighted by Gasteiger charge is 2.41. The van der Waals surface area contributed by atoms with Crippen LogP contribution in [0.5, 0.6) is 0 Å². The zero-order valence-corrected chi connectivity index (χ0v) is 12.8. The van der Waals surface area contributed by atoms with Crippen molar-refractivity contribution in [1.29, 1.82) is 0 Å². The molecule has 0 atom stereocenters. The molecule has 0 fully saturated rings. The molecule has 25 heavy (non-hydrogen) atoms. The van der Waals surface area contributed by atoms with Gasteiger partial charge in [0.15, 0.2) is 5.69 Å². The Hall–Kier alpha value is -3.17. The van der Waals surface area contributed by atoms with Crippen molar-refractivity contribution < 1.29 is 22.7 Å². The fourth-order valence-corrected chi connectivity index (χ4v) is 2.45. The number of carbonyl (C=O) groups is 1. The number of ether oxygens (including phenoxy) is 1. The molecule has 3 aromatic rings. The molecule has 0 radical (unpaired) electrons. The summed E-state index contributed by atoms with van der Waals surface area (Å²) >= 11 is 0. The Balaban J connectivity index is 2.31. The maximum absolute atomic E-state index is 13.6. The van der Waals surface area contributed by atoms with E-state index in [9.17, 15) is 22.8 Å². The number of benzene rings is 1. The first kappa shape index (κ1) is 16.7. The minimum atomic E-state index is -4.87. The van der Waals surface area contributed by atoms with Crippen molar-refractivity contribution in [1.82, 2.24) is 20.0 Å². The van der Waals surface area contributed by atoms with Crippen molar-refractivity contribution in [2.75, 3.05) is 6.61 Å². The molecule has 0 saturated heterocycles. The number of esters is 1. The van der Waals surface area contributed by atoms with E-state index < -0.39 is 29.0 Å². The lowest BCUT2D eigenvalue weighted by Gasteiger charge is -2.13. The van der Waals surface area contributed by atoms with Gasteiger partial charge in [-0.15, -0.1) is 0 Å². The van der Waals surface area contributed by atoms with Crippen LogP contribution in [0.25, 0.3) is 16.5 Å². The second-order valence-corrected chi connectivity index (χ2v) is 4.97. The van der Waals surface area contributed by atoms with Crippen LogP contribution in [0.4, 0.5) is 13.2 Å². The lowest BCUT2D eigenvalue weighted by molar-refractivity contribution is -0.143. The van der Waals surface area contributed by atoms with Gasteiger partial charge >= 0.3 is 12.1 Å². The number of nitrogens with zero attached hydrogens (tertiary/aromatic N) is 3. The molecule has 0 aliphatic carbocycles. The average molecular weight is 352 g/mol. The Morgan fingerprint density at radius 2 is 2.04 bits per heavy atom. The quantitative estimate of drug-likeness (QED) is 0.731. The molecule has 0 spiro atoms. The SMILES string of the molecule is CCOC(=O)c1cnn(-c2cccc3c(=O)[nH]ncc23)c1C(F)(F)F. The zero-order valence-electron chi connectivity index (χ0n) is 12.8. The molecule has 0 aliphatic heterocycles. The number of carbonyl (C=O) groups excluding carboxylic acids is 1. The summed E-state index contributed by atoms with van der Waals surface area (Å²) in [5.41, 5.74) is -2.56. The normalized spacial score (nSPS) is 11.7. The Morgan fingerprint density at radius 3 is 2.72 bits per heavy atom. The number of halogens is 3. The van der Waals surface area contributed by atoms with Crippen LogP contribution in [0, 0.1) is 0 Å². The van der Waals surface area contributed by atoms with Gasteiger partial charge in [0, 0.05) is 5.39 Å². The summed E-state index contributed by atoms with van der Waals surface area (Å²) in [5, 5.41) is 9.82. The Bertz CT molecular complexity index is 1010. The van der Waals surface area contributed by atoms with Gasteiger partial charge < -0.3 is 4.74 Å². The highest BCUT2D eigenvalue weighted by atomic mass is 19.4. The van der Waals surface area contributed by atoms with Crippen molar-refractivity contribution in [2.45, 2.75) is 13.1 Å². The third-order valence-corrected chi connectivity index (χ3v) is 3.45. The minimum absolute atomic E-state index is 0.0287. The minimum Gasteiger partial charge on any atom is -0.462 e. The highest BCUT2D eigenvalue weighted by molar-refractivity contribution is 5.92. The molecule has 3 rings (SSSR count). The number of aromatic amines is 1. The molecule has 0 aliphatic rings. The van der Waals surface area contributed by atoms with E-state index in [-0.39, 0.29) is 23.1 Å². The van der Waals surface area contributed by atoms with Crippen molar-refractivity contribution >= 4 is 16.7 Å². The van der Waals surface area contributed by atoms with Gasteiger partial charge in [0.05, 0.1) is 30.1 Å². The smallest absolute Gasteiger partial charge is 0.434 e. The third-order valence-electron chi connectivity index (χ3n) is 3.45. The van der Waals surface area contributed by atoms with Crippen molar-refractivity contribution in [2.24, 2.45) is 0 Å². The number of H-pyrrole nitrogens is 1. The Morgan fingerprint density at radius 1 is 1.28 bits per heavy atom. The van der Waals surface area contributed by atoms with Crippen LogP contribution < -0.4 is 5.56 Å². The molecule has 10 heteroatoms. The lowest BCUT2D eigenvalue weighted by atomic mass is 10.1. The van der Waals surface area contributed by atoms with E-state index in [1.54, 1.807) is 0 Å². The van der Waals surface area contributed by atoms with Gasteiger partial charge in [-0.05, 0) is 19.1 Å². The molecule has 130 valence electrons. The molecular weight excluding hydrogens is 341 g/mol. The van der Waals surface area contributed by atoms with Gasteiger partial charge in [-0.1, -0.05) is 6.07 Å². The topological polar surface area (TPSA) is 89.9 Å². The van der Waals surface area contributed by atoms with Crippen LogP contribution in [-0.2, 0) is 10.9 Å². The highest BCUT2D eigenvalue weighted by Crippen LogP contribution is 2.35. The molecule has 1 N–H and O–H groups in total. The van der Waals surface area contributed by atoms with Gasteiger partial charge in [-0.25, -0.2) is 14.6 Å². The number of aromatic nitrogens is 4. The predicted molar refractivity (Wildman–Crippen MR) is 80.4 cm³/mol.